The topological polar surface area (TPSA) is 53.4 Å². The second-order valence-electron chi connectivity index (χ2n) is 5.95. The molecule has 2 heterocycles. The number of rotatable bonds is 4. The molecule has 0 amide bonds. The molecule has 3 rings (SSSR count). The number of aliphatic carboxylic acids is 1. The van der Waals surface area contributed by atoms with Crippen molar-refractivity contribution in [3.8, 4) is 10.6 Å². The van der Waals surface area contributed by atoms with Crippen LogP contribution in [0.5, 0.6) is 0 Å². The largest absolute Gasteiger partial charge is 0.481 e. The molecule has 1 aromatic carbocycles. The first kappa shape index (κ1) is 16.1. The van der Waals surface area contributed by atoms with Crippen molar-refractivity contribution in [3.05, 3.63) is 41.2 Å². The SMILES string of the molecule is C[C@@H]1[C@H](C(=O)O)CCCN1Cc1csc(-c2ccc(F)cc2)n1. The van der Waals surface area contributed by atoms with Crippen LogP contribution in [0.25, 0.3) is 10.6 Å². The molecule has 1 aromatic heterocycles. The Balaban J connectivity index is 1.71. The Labute approximate surface area is 138 Å². The van der Waals surface area contributed by atoms with Crippen LogP contribution >= 0.6 is 11.3 Å². The fourth-order valence-electron chi connectivity index (χ4n) is 3.08. The van der Waals surface area contributed by atoms with Gasteiger partial charge in [0.2, 0.25) is 0 Å². The summed E-state index contributed by atoms with van der Waals surface area (Å²) in [5, 5.41) is 12.2. The number of likely N-dealkylation sites (tertiary alicyclic amines) is 1. The molecule has 2 atom stereocenters. The fourth-order valence-corrected chi connectivity index (χ4v) is 3.90. The fraction of sp³-hybridized carbons (Fsp3) is 0.412. The highest BCUT2D eigenvalue weighted by molar-refractivity contribution is 7.13. The van der Waals surface area contributed by atoms with Crippen LogP contribution in [0, 0.1) is 11.7 Å². The normalized spacial score (nSPS) is 22.2. The summed E-state index contributed by atoms with van der Waals surface area (Å²) in [6, 6.07) is 6.32. The molecular weight excluding hydrogens is 315 g/mol. The minimum atomic E-state index is -0.715. The van der Waals surface area contributed by atoms with Gasteiger partial charge in [0.15, 0.2) is 0 Å². The van der Waals surface area contributed by atoms with E-state index in [-0.39, 0.29) is 17.8 Å². The van der Waals surface area contributed by atoms with Gasteiger partial charge in [0.1, 0.15) is 10.8 Å². The number of hydrogen-bond donors (Lipinski definition) is 1. The van der Waals surface area contributed by atoms with Gasteiger partial charge in [-0.05, 0) is 50.6 Å². The van der Waals surface area contributed by atoms with Gasteiger partial charge in [-0.2, -0.15) is 0 Å². The van der Waals surface area contributed by atoms with Gasteiger partial charge in [-0.15, -0.1) is 11.3 Å². The summed E-state index contributed by atoms with van der Waals surface area (Å²) >= 11 is 1.53. The smallest absolute Gasteiger partial charge is 0.308 e. The lowest BCUT2D eigenvalue weighted by molar-refractivity contribution is -0.145. The quantitative estimate of drug-likeness (QED) is 0.927. The van der Waals surface area contributed by atoms with Gasteiger partial charge in [-0.25, -0.2) is 9.37 Å². The number of nitrogens with zero attached hydrogens (tertiary/aromatic N) is 2. The summed E-state index contributed by atoms with van der Waals surface area (Å²) < 4.78 is 13.0. The lowest BCUT2D eigenvalue weighted by Crippen LogP contribution is -2.45. The highest BCUT2D eigenvalue weighted by atomic mass is 32.1. The van der Waals surface area contributed by atoms with E-state index in [2.05, 4.69) is 9.88 Å². The number of halogens is 1. The molecule has 0 bridgehead atoms. The molecule has 23 heavy (non-hydrogen) atoms. The molecule has 0 radical (unpaired) electrons. The number of carboxylic acid groups (broad SMARTS) is 1. The van der Waals surface area contributed by atoms with Crippen LogP contribution in [0.3, 0.4) is 0 Å². The molecule has 4 nitrogen and oxygen atoms in total. The van der Waals surface area contributed by atoms with Crippen molar-refractivity contribution >= 4 is 17.3 Å². The van der Waals surface area contributed by atoms with E-state index in [0.717, 1.165) is 35.7 Å². The predicted octanol–water partition coefficient (Wildman–Crippen LogP) is 3.63. The first-order valence-corrected chi connectivity index (χ1v) is 8.60. The van der Waals surface area contributed by atoms with Crippen molar-refractivity contribution in [2.24, 2.45) is 5.92 Å². The van der Waals surface area contributed by atoms with Crippen LogP contribution in [0.4, 0.5) is 4.39 Å². The Bertz CT molecular complexity index is 686. The lowest BCUT2D eigenvalue weighted by Gasteiger charge is -2.37. The number of benzene rings is 1. The first-order chi connectivity index (χ1) is 11.0. The van der Waals surface area contributed by atoms with Gasteiger partial charge in [0.05, 0.1) is 11.6 Å². The van der Waals surface area contributed by atoms with Gasteiger partial charge in [-0.1, -0.05) is 0 Å². The molecule has 0 saturated carbocycles. The maximum Gasteiger partial charge on any atom is 0.308 e. The molecule has 1 N–H and O–H groups in total. The summed E-state index contributed by atoms with van der Waals surface area (Å²) in [5.74, 6) is -1.28. The van der Waals surface area contributed by atoms with Crippen molar-refractivity contribution in [2.75, 3.05) is 6.54 Å². The second kappa shape index (κ2) is 6.76. The molecule has 1 fully saturated rings. The molecule has 0 unspecified atom stereocenters. The highest BCUT2D eigenvalue weighted by Gasteiger charge is 2.32. The zero-order valence-electron chi connectivity index (χ0n) is 12.9. The van der Waals surface area contributed by atoms with Crippen molar-refractivity contribution in [3.63, 3.8) is 0 Å². The summed E-state index contributed by atoms with van der Waals surface area (Å²) in [4.78, 5) is 18.1. The highest BCUT2D eigenvalue weighted by Crippen LogP contribution is 2.28. The van der Waals surface area contributed by atoms with Crippen LogP contribution in [0.1, 0.15) is 25.5 Å². The molecule has 1 aliphatic heterocycles. The van der Waals surface area contributed by atoms with Gasteiger partial charge in [-0.3, -0.25) is 9.69 Å². The zero-order valence-corrected chi connectivity index (χ0v) is 13.7. The van der Waals surface area contributed by atoms with Gasteiger partial charge < -0.3 is 5.11 Å². The number of carboxylic acids is 1. The standard InChI is InChI=1S/C17H19FN2O2S/c1-11-15(17(21)22)3-2-8-20(11)9-14-10-23-16(19-14)12-4-6-13(18)7-5-12/h4-7,10-11,15H,2-3,8-9H2,1H3,(H,21,22)/t11-,15-/m1/s1. The van der Waals surface area contributed by atoms with E-state index < -0.39 is 5.97 Å². The van der Waals surface area contributed by atoms with E-state index in [9.17, 15) is 14.3 Å². The van der Waals surface area contributed by atoms with Crippen LogP contribution in [-0.2, 0) is 11.3 Å². The molecule has 0 aliphatic carbocycles. The first-order valence-electron chi connectivity index (χ1n) is 7.72. The summed E-state index contributed by atoms with van der Waals surface area (Å²) in [7, 11) is 0. The van der Waals surface area contributed by atoms with Crippen LogP contribution in [-0.4, -0.2) is 33.5 Å². The second-order valence-corrected chi connectivity index (χ2v) is 6.81. The Morgan fingerprint density at radius 2 is 2.17 bits per heavy atom. The number of carbonyl (C=O) groups is 1. The third kappa shape index (κ3) is 3.59. The number of aromatic nitrogens is 1. The van der Waals surface area contributed by atoms with Gasteiger partial charge in [0.25, 0.3) is 0 Å². The van der Waals surface area contributed by atoms with Gasteiger partial charge in [0, 0.05) is 23.5 Å². The average molecular weight is 334 g/mol. The van der Waals surface area contributed by atoms with Crippen LogP contribution in [0.15, 0.2) is 29.6 Å². The van der Waals surface area contributed by atoms with E-state index in [0.29, 0.717) is 6.54 Å². The van der Waals surface area contributed by atoms with Crippen LogP contribution < -0.4 is 0 Å². The van der Waals surface area contributed by atoms with E-state index in [4.69, 9.17) is 0 Å². The van der Waals surface area contributed by atoms with Crippen LogP contribution in [0.2, 0.25) is 0 Å². The zero-order chi connectivity index (χ0) is 16.4. The number of hydrogen-bond acceptors (Lipinski definition) is 4. The molecule has 6 heteroatoms. The van der Waals surface area contributed by atoms with Crippen molar-refractivity contribution < 1.29 is 14.3 Å². The molecule has 122 valence electrons. The van der Waals surface area contributed by atoms with Crippen molar-refractivity contribution in [2.45, 2.75) is 32.4 Å². The van der Waals surface area contributed by atoms with Gasteiger partial charge >= 0.3 is 5.97 Å². The van der Waals surface area contributed by atoms with E-state index in [1.165, 1.54) is 23.5 Å². The number of piperidine rings is 1. The Kier molecular flexibility index (Phi) is 4.73. The minimum Gasteiger partial charge on any atom is -0.481 e. The Morgan fingerprint density at radius 1 is 1.43 bits per heavy atom. The molecule has 1 aliphatic rings. The number of thiazole rings is 1. The lowest BCUT2D eigenvalue weighted by atomic mass is 9.90. The third-order valence-corrected chi connectivity index (χ3v) is 5.38. The molecule has 0 spiro atoms. The van der Waals surface area contributed by atoms with E-state index in [1.54, 1.807) is 12.1 Å². The molecular formula is C17H19FN2O2S. The van der Waals surface area contributed by atoms with Crippen molar-refractivity contribution in [1.29, 1.82) is 0 Å². The third-order valence-electron chi connectivity index (χ3n) is 4.44. The van der Waals surface area contributed by atoms with Crippen molar-refractivity contribution in [1.82, 2.24) is 9.88 Å². The van der Waals surface area contributed by atoms with E-state index in [1.807, 2.05) is 12.3 Å². The maximum absolute atomic E-state index is 13.0. The molecule has 1 saturated heterocycles. The maximum atomic E-state index is 13.0. The van der Waals surface area contributed by atoms with E-state index >= 15 is 0 Å². The Hall–Kier alpha value is -1.79. The summed E-state index contributed by atoms with van der Waals surface area (Å²) in [6.45, 7) is 3.53. The summed E-state index contributed by atoms with van der Waals surface area (Å²) in [5.41, 5.74) is 1.84. The monoisotopic (exact) mass is 334 g/mol. The average Bonchev–Trinajstić information content (AvgIpc) is 2.98. The summed E-state index contributed by atoms with van der Waals surface area (Å²) in [6.07, 6.45) is 1.64. The Morgan fingerprint density at radius 3 is 2.87 bits per heavy atom. The molecule has 2 aromatic rings. The minimum absolute atomic E-state index is 0.0113. The predicted molar refractivity (Wildman–Crippen MR) is 87.7 cm³/mol.